The molecule has 1 heterocycles. The number of carbonyl (C=O) groups excluding carboxylic acids is 1. The van der Waals surface area contributed by atoms with E-state index in [1.54, 1.807) is 4.90 Å². The van der Waals surface area contributed by atoms with Crippen molar-refractivity contribution in [2.24, 2.45) is 5.73 Å². The zero-order valence-electron chi connectivity index (χ0n) is 5.00. The molecule has 0 bridgehead atoms. The number of carbonyl (C=O) groups is 1. The van der Waals surface area contributed by atoms with Gasteiger partial charge >= 0.3 is 0 Å². The molecule has 0 aromatic carbocycles. The van der Waals surface area contributed by atoms with Crippen LogP contribution in [0.4, 0.5) is 0 Å². The number of terminal acetylenes is 1. The number of hydrogen-bond donors (Lipinski definition) is 1. The molecule has 1 saturated heterocycles. The van der Waals surface area contributed by atoms with Crippen LogP contribution in [0.15, 0.2) is 0 Å². The summed E-state index contributed by atoms with van der Waals surface area (Å²) in [5.41, 5.74) is 5.28. The number of rotatable bonds is 1. The number of nitrogens with two attached hydrogens (primary N) is 1. The first-order chi connectivity index (χ1) is 4.25. The maximum Gasteiger partial charge on any atom is 0.242 e. The lowest BCUT2D eigenvalue weighted by Crippen LogP contribution is -2.60. The van der Waals surface area contributed by atoms with E-state index in [0.717, 1.165) is 0 Å². The molecule has 1 fully saturated rings. The maximum absolute atomic E-state index is 10.7. The fourth-order valence-corrected chi connectivity index (χ4v) is 0.780. The lowest BCUT2D eigenvalue weighted by molar-refractivity contribution is -0.141. The predicted octanol–water partition coefficient (Wildman–Crippen LogP) is -1.21. The van der Waals surface area contributed by atoms with Crippen LogP contribution in [0, 0.1) is 12.3 Å². The van der Waals surface area contributed by atoms with Gasteiger partial charge in [0, 0.05) is 6.54 Å². The minimum absolute atomic E-state index is 0.0343. The minimum atomic E-state index is -0.293. The highest BCUT2D eigenvalue weighted by molar-refractivity contribution is 5.87. The molecule has 2 N–H and O–H groups in total. The molecule has 48 valence electrons. The Morgan fingerprint density at radius 2 is 2.67 bits per heavy atom. The molecule has 0 radical (unpaired) electrons. The van der Waals surface area contributed by atoms with E-state index < -0.39 is 0 Å². The number of likely N-dealkylation sites (tertiary alicyclic amines) is 1. The molecule has 0 aliphatic carbocycles. The third-order valence-electron chi connectivity index (χ3n) is 1.33. The highest BCUT2D eigenvalue weighted by Gasteiger charge is 2.32. The summed E-state index contributed by atoms with van der Waals surface area (Å²) in [5, 5.41) is 0. The molecule has 1 rings (SSSR count). The smallest absolute Gasteiger partial charge is 0.242 e. The molecule has 9 heavy (non-hydrogen) atoms. The van der Waals surface area contributed by atoms with Gasteiger partial charge in [-0.2, -0.15) is 0 Å². The van der Waals surface area contributed by atoms with E-state index in [1.165, 1.54) is 0 Å². The molecule has 3 heteroatoms. The Balaban J connectivity index is 2.36. The summed E-state index contributed by atoms with van der Waals surface area (Å²) >= 11 is 0. The van der Waals surface area contributed by atoms with Crippen molar-refractivity contribution in [3.63, 3.8) is 0 Å². The van der Waals surface area contributed by atoms with Gasteiger partial charge in [-0.05, 0) is 0 Å². The third-order valence-corrected chi connectivity index (χ3v) is 1.33. The summed E-state index contributed by atoms with van der Waals surface area (Å²) in [6.45, 7) is 1.01. The summed E-state index contributed by atoms with van der Waals surface area (Å²) in [7, 11) is 0. The maximum atomic E-state index is 10.7. The van der Waals surface area contributed by atoms with Gasteiger partial charge in [0.1, 0.15) is 6.04 Å². The van der Waals surface area contributed by atoms with Crippen molar-refractivity contribution in [1.82, 2.24) is 4.90 Å². The molecule has 0 aromatic rings. The molecule has 1 unspecified atom stereocenters. The van der Waals surface area contributed by atoms with Gasteiger partial charge in [0.05, 0.1) is 6.54 Å². The van der Waals surface area contributed by atoms with Gasteiger partial charge in [-0.3, -0.25) is 4.79 Å². The number of amides is 1. The largest absolute Gasteiger partial charge is 0.328 e. The van der Waals surface area contributed by atoms with Crippen LogP contribution >= 0.6 is 0 Å². The highest BCUT2D eigenvalue weighted by Crippen LogP contribution is 2.05. The Morgan fingerprint density at radius 3 is 3.00 bits per heavy atom. The SMILES string of the molecule is C#CCN1CC(N)C1=O. The monoisotopic (exact) mass is 124 g/mol. The van der Waals surface area contributed by atoms with Gasteiger partial charge in [0.25, 0.3) is 0 Å². The van der Waals surface area contributed by atoms with Gasteiger partial charge in [-0.1, -0.05) is 5.92 Å². The second-order valence-corrected chi connectivity index (χ2v) is 2.03. The summed E-state index contributed by atoms with van der Waals surface area (Å²) in [5.74, 6) is 2.34. The van der Waals surface area contributed by atoms with Crippen LogP contribution in [-0.4, -0.2) is 29.9 Å². The van der Waals surface area contributed by atoms with Crippen molar-refractivity contribution in [1.29, 1.82) is 0 Å². The highest BCUT2D eigenvalue weighted by atomic mass is 16.2. The topological polar surface area (TPSA) is 46.3 Å². The van der Waals surface area contributed by atoms with E-state index in [2.05, 4.69) is 5.92 Å². The number of nitrogens with zero attached hydrogens (tertiary/aromatic N) is 1. The third kappa shape index (κ3) is 0.889. The molecule has 1 aliphatic rings. The van der Waals surface area contributed by atoms with Crippen molar-refractivity contribution in [2.75, 3.05) is 13.1 Å². The van der Waals surface area contributed by atoms with Gasteiger partial charge < -0.3 is 10.6 Å². The first-order valence-electron chi connectivity index (χ1n) is 2.73. The van der Waals surface area contributed by atoms with E-state index in [1.807, 2.05) is 0 Å². The lowest BCUT2D eigenvalue weighted by Gasteiger charge is -2.34. The molecule has 1 amide bonds. The fraction of sp³-hybridized carbons (Fsp3) is 0.500. The Labute approximate surface area is 53.8 Å². The normalized spacial score (nSPS) is 25.1. The molecule has 1 aliphatic heterocycles. The molecular formula is C6H8N2O. The Hall–Kier alpha value is -1.01. The van der Waals surface area contributed by atoms with Crippen LogP contribution < -0.4 is 5.73 Å². The van der Waals surface area contributed by atoms with Crippen molar-refractivity contribution < 1.29 is 4.79 Å². The molecule has 1 atom stereocenters. The zero-order valence-corrected chi connectivity index (χ0v) is 5.00. The second-order valence-electron chi connectivity index (χ2n) is 2.03. The van der Waals surface area contributed by atoms with Crippen LogP contribution in [0.5, 0.6) is 0 Å². The molecule has 0 spiro atoms. The van der Waals surface area contributed by atoms with Crippen LogP contribution in [0.2, 0.25) is 0 Å². The lowest BCUT2D eigenvalue weighted by atomic mass is 10.1. The standard InChI is InChI=1S/C6H8N2O/c1-2-3-8-4-5(7)6(8)9/h1,5H,3-4,7H2. The molecule has 0 aromatic heterocycles. The van der Waals surface area contributed by atoms with Crippen LogP contribution in [0.25, 0.3) is 0 Å². The summed E-state index contributed by atoms with van der Waals surface area (Å²) < 4.78 is 0. The van der Waals surface area contributed by atoms with Crippen molar-refractivity contribution >= 4 is 5.91 Å². The Kier molecular flexibility index (Phi) is 1.41. The van der Waals surface area contributed by atoms with Crippen LogP contribution in [0.1, 0.15) is 0 Å². The van der Waals surface area contributed by atoms with E-state index in [9.17, 15) is 4.79 Å². The number of β-lactam (4-membered cyclic amide) rings is 1. The van der Waals surface area contributed by atoms with E-state index in [4.69, 9.17) is 12.2 Å². The average Bonchev–Trinajstić information content (AvgIpc) is 1.88. The molecule has 0 saturated carbocycles. The second kappa shape index (κ2) is 2.08. The average molecular weight is 124 g/mol. The predicted molar refractivity (Wildman–Crippen MR) is 33.4 cm³/mol. The van der Waals surface area contributed by atoms with Gasteiger partial charge in [-0.15, -0.1) is 6.42 Å². The van der Waals surface area contributed by atoms with Crippen molar-refractivity contribution in [3.8, 4) is 12.3 Å². The summed E-state index contributed by atoms with van der Waals surface area (Å²) in [4.78, 5) is 12.2. The fourth-order valence-electron chi connectivity index (χ4n) is 0.780. The minimum Gasteiger partial charge on any atom is -0.328 e. The van der Waals surface area contributed by atoms with E-state index >= 15 is 0 Å². The summed E-state index contributed by atoms with van der Waals surface area (Å²) in [6.07, 6.45) is 4.96. The molecular weight excluding hydrogens is 116 g/mol. The van der Waals surface area contributed by atoms with Crippen molar-refractivity contribution in [2.45, 2.75) is 6.04 Å². The van der Waals surface area contributed by atoms with Gasteiger partial charge in [0.15, 0.2) is 0 Å². The van der Waals surface area contributed by atoms with Crippen LogP contribution in [0.3, 0.4) is 0 Å². The quantitative estimate of drug-likeness (QED) is 0.352. The van der Waals surface area contributed by atoms with Gasteiger partial charge in [-0.25, -0.2) is 0 Å². The van der Waals surface area contributed by atoms with Crippen LogP contribution in [-0.2, 0) is 4.79 Å². The molecule has 3 nitrogen and oxygen atoms in total. The zero-order chi connectivity index (χ0) is 6.85. The number of hydrogen-bond acceptors (Lipinski definition) is 2. The van der Waals surface area contributed by atoms with E-state index in [0.29, 0.717) is 13.1 Å². The first kappa shape index (κ1) is 6.12. The van der Waals surface area contributed by atoms with Gasteiger partial charge in [0.2, 0.25) is 5.91 Å². The summed E-state index contributed by atoms with van der Waals surface area (Å²) in [6, 6.07) is -0.293. The Bertz CT molecular complexity index is 170. The Morgan fingerprint density at radius 1 is 2.00 bits per heavy atom. The van der Waals surface area contributed by atoms with E-state index in [-0.39, 0.29) is 11.9 Å². The van der Waals surface area contributed by atoms with Crippen molar-refractivity contribution in [3.05, 3.63) is 0 Å². The first-order valence-corrected chi connectivity index (χ1v) is 2.73.